The van der Waals surface area contributed by atoms with Gasteiger partial charge in [-0.05, 0) is 44.1 Å². The van der Waals surface area contributed by atoms with Crippen molar-refractivity contribution in [3.05, 3.63) is 30.6 Å². The molecule has 2 heterocycles. The standard InChI is InChI=1S/C14H20N2O/c1-2-13-6-7-14(12-15-13)17-11-10-16-8-4-3-5-9-16/h2,6-7,12H,1,3-5,8-11H2. The molecule has 0 atom stereocenters. The van der Waals surface area contributed by atoms with E-state index in [2.05, 4.69) is 16.5 Å². The number of nitrogens with zero attached hydrogens (tertiary/aromatic N) is 2. The zero-order valence-corrected chi connectivity index (χ0v) is 10.3. The van der Waals surface area contributed by atoms with Gasteiger partial charge in [0.1, 0.15) is 12.4 Å². The zero-order valence-electron chi connectivity index (χ0n) is 10.3. The SMILES string of the molecule is C=Cc1ccc(OCCN2CCCCC2)cn1. The quantitative estimate of drug-likeness (QED) is 0.780. The fourth-order valence-corrected chi connectivity index (χ4v) is 2.07. The summed E-state index contributed by atoms with van der Waals surface area (Å²) in [5, 5.41) is 0. The predicted octanol–water partition coefficient (Wildman–Crippen LogP) is 2.59. The first-order valence-corrected chi connectivity index (χ1v) is 6.32. The normalized spacial score (nSPS) is 16.7. The highest BCUT2D eigenvalue weighted by Crippen LogP contribution is 2.11. The highest BCUT2D eigenvalue weighted by Gasteiger charge is 2.09. The summed E-state index contributed by atoms with van der Waals surface area (Å²) in [4.78, 5) is 6.67. The lowest BCUT2D eigenvalue weighted by atomic mass is 10.1. The first-order chi connectivity index (χ1) is 8.38. The van der Waals surface area contributed by atoms with E-state index in [9.17, 15) is 0 Å². The summed E-state index contributed by atoms with van der Waals surface area (Å²) < 4.78 is 5.67. The minimum Gasteiger partial charge on any atom is -0.491 e. The summed E-state index contributed by atoms with van der Waals surface area (Å²) in [6, 6.07) is 3.86. The van der Waals surface area contributed by atoms with Crippen molar-refractivity contribution in [3.8, 4) is 5.75 Å². The number of aromatic nitrogens is 1. The zero-order chi connectivity index (χ0) is 11.9. The van der Waals surface area contributed by atoms with Crippen LogP contribution >= 0.6 is 0 Å². The minimum atomic E-state index is 0.745. The van der Waals surface area contributed by atoms with Crippen LogP contribution < -0.4 is 4.74 Å². The Morgan fingerprint density at radius 3 is 2.76 bits per heavy atom. The Balaban J connectivity index is 1.71. The van der Waals surface area contributed by atoms with Crippen LogP contribution in [-0.2, 0) is 0 Å². The minimum absolute atomic E-state index is 0.745. The summed E-state index contributed by atoms with van der Waals surface area (Å²) in [6.45, 7) is 7.87. The molecule has 0 radical (unpaired) electrons. The smallest absolute Gasteiger partial charge is 0.137 e. The van der Waals surface area contributed by atoms with E-state index in [1.54, 1.807) is 12.3 Å². The van der Waals surface area contributed by atoms with E-state index >= 15 is 0 Å². The first kappa shape index (κ1) is 12.1. The molecule has 0 aliphatic carbocycles. The van der Waals surface area contributed by atoms with E-state index in [1.807, 2.05) is 12.1 Å². The second-order valence-electron chi connectivity index (χ2n) is 4.37. The van der Waals surface area contributed by atoms with E-state index in [4.69, 9.17) is 4.74 Å². The summed E-state index contributed by atoms with van der Waals surface area (Å²) in [6.07, 6.45) is 7.53. The fourth-order valence-electron chi connectivity index (χ4n) is 2.07. The van der Waals surface area contributed by atoms with Gasteiger partial charge in [-0.3, -0.25) is 9.88 Å². The monoisotopic (exact) mass is 232 g/mol. The van der Waals surface area contributed by atoms with Crippen LogP contribution in [0.15, 0.2) is 24.9 Å². The lowest BCUT2D eigenvalue weighted by Gasteiger charge is -2.26. The summed E-state index contributed by atoms with van der Waals surface area (Å²) in [5.41, 5.74) is 0.883. The Labute approximate surface area is 103 Å². The molecule has 3 nitrogen and oxygen atoms in total. The van der Waals surface area contributed by atoms with Crippen LogP contribution in [0.2, 0.25) is 0 Å². The van der Waals surface area contributed by atoms with Gasteiger partial charge < -0.3 is 4.74 Å². The molecule has 3 heteroatoms. The molecule has 0 aromatic carbocycles. The average molecular weight is 232 g/mol. The molecule has 1 aromatic heterocycles. The van der Waals surface area contributed by atoms with Gasteiger partial charge in [-0.15, -0.1) is 0 Å². The molecule has 0 N–H and O–H groups in total. The number of hydrogen-bond donors (Lipinski definition) is 0. The second kappa shape index (κ2) is 6.40. The number of pyridine rings is 1. The van der Waals surface area contributed by atoms with Gasteiger partial charge in [-0.2, -0.15) is 0 Å². The number of piperidine rings is 1. The number of ether oxygens (including phenoxy) is 1. The molecular weight excluding hydrogens is 212 g/mol. The molecular formula is C14H20N2O. The number of rotatable bonds is 5. The van der Waals surface area contributed by atoms with Crippen molar-refractivity contribution in [3.63, 3.8) is 0 Å². The van der Waals surface area contributed by atoms with Crippen LogP contribution in [0.25, 0.3) is 6.08 Å². The first-order valence-electron chi connectivity index (χ1n) is 6.32. The van der Waals surface area contributed by atoms with Crippen LogP contribution in [-0.4, -0.2) is 36.1 Å². The van der Waals surface area contributed by atoms with Crippen LogP contribution in [0.3, 0.4) is 0 Å². The van der Waals surface area contributed by atoms with Gasteiger partial charge >= 0.3 is 0 Å². The third-order valence-corrected chi connectivity index (χ3v) is 3.09. The largest absolute Gasteiger partial charge is 0.491 e. The molecule has 1 aromatic rings. The van der Waals surface area contributed by atoms with Crippen LogP contribution in [0.1, 0.15) is 25.0 Å². The van der Waals surface area contributed by atoms with Crippen LogP contribution in [0.4, 0.5) is 0 Å². The van der Waals surface area contributed by atoms with Gasteiger partial charge in [0.15, 0.2) is 0 Å². The molecule has 1 aliphatic rings. The summed E-state index contributed by atoms with van der Waals surface area (Å²) in [5.74, 6) is 0.840. The lowest BCUT2D eigenvalue weighted by molar-refractivity contribution is 0.183. The van der Waals surface area contributed by atoms with E-state index < -0.39 is 0 Å². The third-order valence-electron chi connectivity index (χ3n) is 3.09. The molecule has 17 heavy (non-hydrogen) atoms. The van der Waals surface area contributed by atoms with Gasteiger partial charge in [0.05, 0.1) is 11.9 Å². The van der Waals surface area contributed by atoms with Crippen LogP contribution in [0.5, 0.6) is 5.75 Å². The molecule has 1 fully saturated rings. The van der Waals surface area contributed by atoms with Crippen molar-refractivity contribution in [2.75, 3.05) is 26.2 Å². The molecule has 1 aliphatic heterocycles. The fraction of sp³-hybridized carbons (Fsp3) is 0.500. The maximum Gasteiger partial charge on any atom is 0.137 e. The summed E-state index contributed by atoms with van der Waals surface area (Å²) >= 11 is 0. The van der Waals surface area contributed by atoms with Crippen molar-refractivity contribution in [1.29, 1.82) is 0 Å². The molecule has 0 unspecified atom stereocenters. The van der Waals surface area contributed by atoms with Gasteiger partial charge in [0.25, 0.3) is 0 Å². The van der Waals surface area contributed by atoms with Gasteiger partial charge in [-0.1, -0.05) is 13.0 Å². The topological polar surface area (TPSA) is 25.4 Å². The predicted molar refractivity (Wildman–Crippen MR) is 70.1 cm³/mol. The number of hydrogen-bond acceptors (Lipinski definition) is 3. The Morgan fingerprint density at radius 2 is 2.12 bits per heavy atom. The third kappa shape index (κ3) is 3.86. The van der Waals surface area contributed by atoms with E-state index in [-0.39, 0.29) is 0 Å². The highest BCUT2D eigenvalue weighted by atomic mass is 16.5. The number of likely N-dealkylation sites (tertiary alicyclic amines) is 1. The van der Waals surface area contributed by atoms with Gasteiger partial charge in [-0.25, -0.2) is 0 Å². The van der Waals surface area contributed by atoms with Crippen molar-refractivity contribution < 1.29 is 4.74 Å². The van der Waals surface area contributed by atoms with E-state index in [0.29, 0.717) is 0 Å². The Hall–Kier alpha value is -1.35. The summed E-state index contributed by atoms with van der Waals surface area (Å²) in [7, 11) is 0. The lowest BCUT2D eigenvalue weighted by Crippen LogP contribution is -2.33. The van der Waals surface area contributed by atoms with E-state index in [0.717, 1.165) is 24.6 Å². The molecule has 0 saturated carbocycles. The van der Waals surface area contributed by atoms with Crippen molar-refractivity contribution in [1.82, 2.24) is 9.88 Å². The Kier molecular flexibility index (Phi) is 4.56. The van der Waals surface area contributed by atoms with Gasteiger partial charge in [0.2, 0.25) is 0 Å². The van der Waals surface area contributed by atoms with Crippen molar-refractivity contribution >= 4 is 6.08 Å². The van der Waals surface area contributed by atoms with Gasteiger partial charge in [0, 0.05) is 6.54 Å². The Morgan fingerprint density at radius 1 is 1.29 bits per heavy atom. The van der Waals surface area contributed by atoms with Crippen molar-refractivity contribution in [2.45, 2.75) is 19.3 Å². The molecule has 92 valence electrons. The second-order valence-corrected chi connectivity index (χ2v) is 4.37. The molecule has 0 amide bonds. The molecule has 2 rings (SSSR count). The Bertz CT molecular complexity index is 342. The molecule has 0 bridgehead atoms. The molecule has 1 saturated heterocycles. The maximum atomic E-state index is 5.67. The highest BCUT2D eigenvalue weighted by molar-refractivity contribution is 5.42. The molecule has 0 spiro atoms. The van der Waals surface area contributed by atoms with Crippen molar-refractivity contribution in [2.24, 2.45) is 0 Å². The maximum absolute atomic E-state index is 5.67. The van der Waals surface area contributed by atoms with E-state index in [1.165, 1.54) is 32.4 Å². The average Bonchev–Trinajstić information content (AvgIpc) is 2.41. The van der Waals surface area contributed by atoms with Crippen LogP contribution in [0, 0.1) is 0 Å².